The fourth-order valence-corrected chi connectivity index (χ4v) is 4.36. The first kappa shape index (κ1) is 16.5. The van der Waals surface area contributed by atoms with Crippen LogP contribution in [0.4, 0.5) is 0 Å². The Balaban J connectivity index is 1.42. The summed E-state index contributed by atoms with van der Waals surface area (Å²) in [5.74, 6) is 0.716. The number of carbonyl (C=O) groups is 1. The van der Waals surface area contributed by atoms with Crippen LogP contribution in [0.3, 0.4) is 0 Å². The molecule has 0 unspecified atom stereocenters. The smallest absolute Gasteiger partial charge is 0.233 e. The van der Waals surface area contributed by atoms with E-state index in [1.54, 1.807) is 23.1 Å². The maximum atomic E-state index is 12.3. The Kier molecular flexibility index (Phi) is 5.70. The second-order valence-corrected chi connectivity index (χ2v) is 7.77. The molecule has 2 aromatic rings. The van der Waals surface area contributed by atoms with Crippen molar-refractivity contribution >= 4 is 29.0 Å². The van der Waals surface area contributed by atoms with E-state index in [4.69, 9.17) is 0 Å². The minimum atomic E-state index is 0.224. The molecule has 1 aliphatic heterocycles. The standard InChI is InChI=1S/C17H21N3OS2/c1-14-12-22-17(18-14)23-13-16(21)20-9-7-19(8-10-20)11-15-5-3-2-4-6-15/h2-6,12H,7-11,13H2,1H3. The van der Waals surface area contributed by atoms with Crippen LogP contribution in [0.5, 0.6) is 0 Å². The fourth-order valence-electron chi connectivity index (χ4n) is 2.61. The molecule has 0 radical (unpaired) electrons. The summed E-state index contributed by atoms with van der Waals surface area (Å²) in [5.41, 5.74) is 2.36. The van der Waals surface area contributed by atoms with E-state index in [1.807, 2.05) is 23.3 Å². The van der Waals surface area contributed by atoms with Crippen LogP contribution in [-0.4, -0.2) is 52.6 Å². The molecule has 1 saturated heterocycles. The zero-order chi connectivity index (χ0) is 16.1. The highest BCUT2D eigenvalue weighted by Crippen LogP contribution is 2.22. The molecule has 0 aliphatic carbocycles. The van der Waals surface area contributed by atoms with E-state index in [0.29, 0.717) is 5.75 Å². The van der Waals surface area contributed by atoms with Crippen LogP contribution in [0, 0.1) is 6.92 Å². The average Bonchev–Trinajstić information content (AvgIpc) is 3.00. The summed E-state index contributed by atoms with van der Waals surface area (Å²) >= 11 is 3.16. The number of hydrogen-bond acceptors (Lipinski definition) is 5. The third-order valence-electron chi connectivity index (χ3n) is 3.89. The number of thioether (sulfide) groups is 1. The van der Waals surface area contributed by atoms with Crippen LogP contribution in [0.2, 0.25) is 0 Å². The highest BCUT2D eigenvalue weighted by molar-refractivity contribution is 8.01. The number of aryl methyl sites for hydroxylation is 1. The van der Waals surface area contributed by atoms with E-state index >= 15 is 0 Å². The number of nitrogens with zero attached hydrogens (tertiary/aromatic N) is 3. The summed E-state index contributed by atoms with van der Waals surface area (Å²) in [6.45, 7) is 6.49. The van der Waals surface area contributed by atoms with Crippen LogP contribution in [0.1, 0.15) is 11.3 Å². The largest absolute Gasteiger partial charge is 0.339 e. The number of carbonyl (C=O) groups excluding carboxylic acids is 1. The number of benzene rings is 1. The van der Waals surface area contributed by atoms with Crippen LogP contribution in [0.15, 0.2) is 40.1 Å². The first-order chi connectivity index (χ1) is 11.2. The summed E-state index contributed by atoms with van der Waals surface area (Å²) in [6.07, 6.45) is 0. The number of aromatic nitrogens is 1. The molecule has 0 atom stereocenters. The summed E-state index contributed by atoms with van der Waals surface area (Å²) in [7, 11) is 0. The second kappa shape index (κ2) is 7.95. The molecule has 1 fully saturated rings. The SMILES string of the molecule is Cc1csc(SCC(=O)N2CCN(Cc3ccccc3)CC2)n1. The molecule has 23 heavy (non-hydrogen) atoms. The van der Waals surface area contributed by atoms with E-state index in [1.165, 1.54) is 5.56 Å². The Morgan fingerprint density at radius 1 is 1.22 bits per heavy atom. The van der Waals surface area contributed by atoms with Crippen molar-refractivity contribution in [1.29, 1.82) is 0 Å². The highest BCUT2D eigenvalue weighted by atomic mass is 32.2. The van der Waals surface area contributed by atoms with Gasteiger partial charge in [-0.05, 0) is 12.5 Å². The van der Waals surface area contributed by atoms with Crippen LogP contribution >= 0.6 is 23.1 Å². The molecule has 6 heteroatoms. The van der Waals surface area contributed by atoms with Crippen molar-refractivity contribution in [2.45, 2.75) is 17.8 Å². The Morgan fingerprint density at radius 2 is 1.96 bits per heavy atom. The monoisotopic (exact) mass is 347 g/mol. The van der Waals surface area contributed by atoms with Crippen molar-refractivity contribution < 1.29 is 4.79 Å². The number of rotatable bonds is 5. The van der Waals surface area contributed by atoms with Gasteiger partial charge in [-0.2, -0.15) is 0 Å². The lowest BCUT2D eigenvalue weighted by Gasteiger charge is -2.34. The topological polar surface area (TPSA) is 36.4 Å². The molecular formula is C17H21N3OS2. The van der Waals surface area contributed by atoms with Crippen LogP contribution in [0.25, 0.3) is 0 Å². The quantitative estimate of drug-likeness (QED) is 0.779. The zero-order valence-electron chi connectivity index (χ0n) is 13.3. The Bertz CT molecular complexity index is 636. The molecule has 0 N–H and O–H groups in total. The van der Waals surface area contributed by atoms with Crippen molar-refractivity contribution in [3.63, 3.8) is 0 Å². The molecule has 1 aromatic carbocycles. The van der Waals surface area contributed by atoms with Crippen molar-refractivity contribution in [3.8, 4) is 0 Å². The first-order valence-electron chi connectivity index (χ1n) is 7.80. The fraction of sp³-hybridized carbons (Fsp3) is 0.412. The molecule has 3 rings (SSSR count). The van der Waals surface area contributed by atoms with Crippen molar-refractivity contribution in [3.05, 3.63) is 47.0 Å². The number of hydrogen-bond donors (Lipinski definition) is 0. The van der Waals surface area contributed by atoms with E-state index in [2.05, 4.69) is 34.1 Å². The lowest BCUT2D eigenvalue weighted by atomic mass is 10.2. The normalized spacial score (nSPS) is 15.8. The summed E-state index contributed by atoms with van der Waals surface area (Å²) in [5, 5.41) is 2.02. The number of piperazine rings is 1. The van der Waals surface area contributed by atoms with Gasteiger partial charge in [0.1, 0.15) is 0 Å². The molecule has 1 aromatic heterocycles. The van der Waals surface area contributed by atoms with Crippen LogP contribution < -0.4 is 0 Å². The van der Waals surface area contributed by atoms with Gasteiger partial charge in [-0.1, -0.05) is 42.1 Å². The molecule has 0 bridgehead atoms. The highest BCUT2D eigenvalue weighted by Gasteiger charge is 2.21. The van der Waals surface area contributed by atoms with Gasteiger partial charge in [-0.15, -0.1) is 11.3 Å². The first-order valence-corrected chi connectivity index (χ1v) is 9.66. The van der Waals surface area contributed by atoms with Gasteiger partial charge in [0.2, 0.25) is 5.91 Å². The predicted octanol–water partition coefficient (Wildman–Crippen LogP) is 2.89. The minimum Gasteiger partial charge on any atom is -0.339 e. The van der Waals surface area contributed by atoms with Gasteiger partial charge in [-0.25, -0.2) is 4.98 Å². The summed E-state index contributed by atoms with van der Waals surface area (Å²) in [4.78, 5) is 21.1. The molecule has 1 aliphatic rings. The van der Waals surface area contributed by atoms with Gasteiger partial charge >= 0.3 is 0 Å². The van der Waals surface area contributed by atoms with Gasteiger partial charge in [0.15, 0.2) is 4.34 Å². The van der Waals surface area contributed by atoms with E-state index in [9.17, 15) is 4.79 Å². The summed E-state index contributed by atoms with van der Waals surface area (Å²) < 4.78 is 0.985. The predicted molar refractivity (Wildman–Crippen MR) is 95.9 cm³/mol. The van der Waals surface area contributed by atoms with Crippen molar-refractivity contribution in [2.75, 3.05) is 31.9 Å². The number of amides is 1. The second-order valence-electron chi connectivity index (χ2n) is 5.69. The van der Waals surface area contributed by atoms with Crippen LogP contribution in [-0.2, 0) is 11.3 Å². The maximum absolute atomic E-state index is 12.3. The summed E-state index contributed by atoms with van der Waals surface area (Å²) in [6, 6.07) is 10.5. The molecule has 4 nitrogen and oxygen atoms in total. The minimum absolute atomic E-state index is 0.224. The molecule has 1 amide bonds. The Labute approximate surface area is 145 Å². The van der Waals surface area contributed by atoms with Gasteiger partial charge < -0.3 is 4.90 Å². The van der Waals surface area contributed by atoms with Gasteiger partial charge in [0, 0.05) is 43.8 Å². The molecule has 2 heterocycles. The van der Waals surface area contributed by atoms with Gasteiger partial charge in [-0.3, -0.25) is 9.69 Å². The third kappa shape index (κ3) is 4.80. The zero-order valence-corrected chi connectivity index (χ0v) is 14.9. The van der Waals surface area contributed by atoms with E-state index in [0.717, 1.165) is 42.8 Å². The lowest BCUT2D eigenvalue weighted by molar-refractivity contribution is -0.130. The lowest BCUT2D eigenvalue weighted by Crippen LogP contribution is -2.48. The van der Waals surface area contributed by atoms with E-state index in [-0.39, 0.29) is 5.91 Å². The Hall–Kier alpha value is -1.37. The third-order valence-corrected chi connectivity index (χ3v) is 6.01. The average molecular weight is 348 g/mol. The molecule has 122 valence electrons. The van der Waals surface area contributed by atoms with Crippen molar-refractivity contribution in [2.24, 2.45) is 0 Å². The van der Waals surface area contributed by atoms with E-state index < -0.39 is 0 Å². The van der Waals surface area contributed by atoms with Gasteiger partial charge in [0.05, 0.1) is 5.75 Å². The molecule has 0 saturated carbocycles. The molecule has 0 spiro atoms. The molecular weight excluding hydrogens is 326 g/mol. The van der Waals surface area contributed by atoms with Crippen molar-refractivity contribution in [1.82, 2.24) is 14.8 Å². The number of thiazole rings is 1. The maximum Gasteiger partial charge on any atom is 0.233 e. The Morgan fingerprint density at radius 3 is 2.61 bits per heavy atom. The van der Waals surface area contributed by atoms with Gasteiger partial charge in [0.25, 0.3) is 0 Å².